The first-order valence-electron chi connectivity index (χ1n) is 5.27. The summed E-state index contributed by atoms with van der Waals surface area (Å²) in [5, 5.41) is 10.8. The summed E-state index contributed by atoms with van der Waals surface area (Å²) in [5.41, 5.74) is 2.74. The molecule has 0 fully saturated rings. The minimum Gasteiger partial charge on any atom is -0.481 e. The molecule has 17 heavy (non-hydrogen) atoms. The van der Waals surface area contributed by atoms with Gasteiger partial charge in [-0.1, -0.05) is 10.3 Å². The van der Waals surface area contributed by atoms with Crippen LogP contribution in [0.15, 0.2) is 23.0 Å². The van der Waals surface area contributed by atoms with Crippen molar-refractivity contribution in [2.45, 2.75) is 20.0 Å². The Balaban J connectivity index is 1.87. The molecule has 0 unspecified atom stereocenters. The minimum absolute atomic E-state index is 0.614. The second kappa shape index (κ2) is 5.40. The number of nitrogens with one attached hydrogen (secondary N) is 1. The smallest absolute Gasteiger partial charge is 0.213 e. The van der Waals surface area contributed by atoms with Gasteiger partial charge in [0.2, 0.25) is 5.88 Å². The number of hydrogen-bond donors (Lipinski definition) is 1. The van der Waals surface area contributed by atoms with E-state index < -0.39 is 0 Å². The first kappa shape index (κ1) is 11.5. The van der Waals surface area contributed by atoms with Gasteiger partial charge in [0.25, 0.3) is 0 Å². The van der Waals surface area contributed by atoms with Crippen LogP contribution >= 0.6 is 0 Å². The molecule has 0 aromatic carbocycles. The van der Waals surface area contributed by atoms with Crippen molar-refractivity contribution in [1.29, 1.82) is 0 Å². The van der Waals surface area contributed by atoms with Gasteiger partial charge < -0.3 is 10.1 Å². The Morgan fingerprint density at radius 3 is 2.94 bits per heavy atom. The maximum atomic E-state index is 5.05. The van der Waals surface area contributed by atoms with Gasteiger partial charge in [0.05, 0.1) is 7.11 Å². The Labute approximate surface area is 99.0 Å². The van der Waals surface area contributed by atoms with E-state index in [1.165, 1.54) is 0 Å². The first-order valence-corrected chi connectivity index (χ1v) is 5.27. The summed E-state index contributed by atoms with van der Waals surface area (Å²) < 4.78 is 9.66. The van der Waals surface area contributed by atoms with E-state index in [0.717, 1.165) is 17.0 Å². The lowest BCUT2D eigenvalue weighted by molar-refractivity contribution is 0.300. The van der Waals surface area contributed by atoms with Crippen molar-refractivity contribution in [2.24, 2.45) is 0 Å². The van der Waals surface area contributed by atoms with Crippen LogP contribution in [0.3, 0.4) is 0 Å². The third kappa shape index (κ3) is 3.01. The number of nitrogens with zero attached hydrogens (tertiary/aromatic N) is 3. The molecule has 0 bridgehead atoms. The third-order valence-electron chi connectivity index (χ3n) is 2.38. The lowest BCUT2D eigenvalue weighted by Gasteiger charge is -2.04. The van der Waals surface area contributed by atoms with E-state index in [0.29, 0.717) is 19.0 Å². The number of ether oxygens (including phenoxy) is 1. The van der Waals surface area contributed by atoms with Crippen LogP contribution < -0.4 is 10.1 Å². The first-order chi connectivity index (χ1) is 8.29. The molecule has 0 aliphatic carbocycles. The molecule has 0 aliphatic heterocycles. The van der Waals surface area contributed by atoms with Crippen LogP contribution in [0.5, 0.6) is 5.88 Å². The highest BCUT2D eigenvalue weighted by atomic mass is 16.6. The molecule has 0 spiro atoms. The molecule has 90 valence electrons. The summed E-state index contributed by atoms with van der Waals surface area (Å²) in [7, 11) is 1.60. The molecular weight excluding hydrogens is 220 g/mol. The molecule has 2 aromatic rings. The van der Waals surface area contributed by atoms with Gasteiger partial charge in [0, 0.05) is 25.4 Å². The molecule has 6 heteroatoms. The highest BCUT2D eigenvalue weighted by Crippen LogP contribution is 2.08. The van der Waals surface area contributed by atoms with E-state index in [1.807, 2.05) is 19.1 Å². The Morgan fingerprint density at radius 2 is 2.24 bits per heavy atom. The van der Waals surface area contributed by atoms with Crippen molar-refractivity contribution in [3.63, 3.8) is 0 Å². The maximum absolute atomic E-state index is 5.05. The van der Waals surface area contributed by atoms with Crippen molar-refractivity contribution in [3.05, 3.63) is 35.3 Å². The molecular formula is C11H14N4O2. The van der Waals surface area contributed by atoms with Crippen molar-refractivity contribution in [2.75, 3.05) is 7.11 Å². The minimum atomic E-state index is 0.614. The van der Waals surface area contributed by atoms with E-state index in [2.05, 4.69) is 25.2 Å². The zero-order valence-electron chi connectivity index (χ0n) is 9.80. The molecule has 2 heterocycles. The Kier molecular flexibility index (Phi) is 3.66. The number of pyridine rings is 1. The van der Waals surface area contributed by atoms with Crippen LogP contribution in [0, 0.1) is 6.92 Å². The Bertz CT molecular complexity index is 484. The van der Waals surface area contributed by atoms with Gasteiger partial charge in [0.1, 0.15) is 11.4 Å². The van der Waals surface area contributed by atoms with Gasteiger partial charge in [-0.25, -0.2) is 9.61 Å². The van der Waals surface area contributed by atoms with Crippen LogP contribution in [-0.2, 0) is 13.1 Å². The molecule has 2 aromatic heterocycles. The van der Waals surface area contributed by atoms with Crippen LogP contribution in [0.1, 0.15) is 17.0 Å². The fourth-order valence-corrected chi connectivity index (χ4v) is 1.41. The Hall–Kier alpha value is -1.95. The van der Waals surface area contributed by atoms with Crippen LogP contribution in [0.4, 0.5) is 0 Å². The number of aromatic nitrogens is 3. The van der Waals surface area contributed by atoms with Gasteiger partial charge >= 0.3 is 0 Å². The van der Waals surface area contributed by atoms with E-state index in [4.69, 9.17) is 4.74 Å². The number of aryl methyl sites for hydroxylation is 1. The fraction of sp³-hybridized carbons (Fsp3) is 0.364. The average molecular weight is 234 g/mol. The molecule has 0 atom stereocenters. The summed E-state index contributed by atoms with van der Waals surface area (Å²) in [6.07, 6.45) is 1.72. The van der Waals surface area contributed by atoms with E-state index in [1.54, 1.807) is 13.3 Å². The topological polar surface area (TPSA) is 73.1 Å². The highest BCUT2D eigenvalue weighted by Gasteiger charge is 2.04. The summed E-state index contributed by atoms with van der Waals surface area (Å²) >= 11 is 0. The van der Waals surface area contributed by atoms with Gasteiger partial charge in [0.15, 0.2) is 0 Å². The van der Waals surface area contributed by atoms with E-state index in [9.17, 15) is 0 Å². The standard InChI is InChI=1S/C11H14N4O2/c1-8-10(15-17-14-8)7-12-6-9-3-4-13-11(5-9)16-2/h3-5,12H,6-7H2,1-2H3. The third-order valence-corrected chi connectivity index (χ3v) is 2.38. The second-order valence-electron chi connectivity index (χ2n) is 3.61. The average Bonchev–Trinajstić information content (AvgIpc) is 2.76. The maximum Gasteiger partial charge on any atom is 0.213 e. The SMILES string of the molecule is COc1cc(CNCc2nonc2C)ccn1. The highest BCUT2D eigenvalue weighted by molar-refractivity contribution is 5.20. The predicted molar refractivity (Wildman–Crippen MR) is 60.4 cm³/mol. The fourth-order valence-electron chi connectivity index (χ4n) is 1.41. The van der Waals surface area contributed by atoms with Crippen LogP contribution in [0.2, 0.25) is 0 Å². The van der Waals surface area contributed by atoms with E-state index in [-0.39, 0.29) is 0 Å². The molecule has 1 N–H and O–H groups in total. The zero-order valence-corrected chi connectivity index (χ0v) is 9.80. The quantitative estimate of drug-likeness (QED) is 0.834. The normalized spacial score (nSPS) is 10.5. The summed E-state index contributed by atoms with van der Waals surface area (Å²) in [5.74, 6) is 0.614. The number of methoxy groups -OCH3 is 1. The monoisotopic (exact) mass is 234 g/mol. The van der Waals surface area contributed by atoms with Gasteiger partial charge in [-0.15, -0.1) is 0 Å². The lowest BCUT2D eigenvalue weighted by Crippen LogP contribution is -2.13. The molecule has 0 amide bonds. The largest absolute Gasteiger partial charge is 0.481 e. The second-order valence-corrected chi connectivity index (χ2v) is 3.61. The summed E-state index contributed by atoms with van der Waals surface area (Å²) in [6.45, 7) is 3.20. The molecule has 0 radical (unpaired) electrons. The Morgan fingerprint density at radius 1 is 1.35 bits per heavy atom. The number of rotatable bonds is 5. The summed E-state index contributed by atoms with van der Waals surface area (Å²) in [6, 6.07) is 3.82. The number of hydrogen-bond acceptors (Lipinski definition) is 6. The molecule has 6 nitrogen and oxygen atoms in total. The van der Waals surface area contributed by atoms with Gasteiger partial charge in [-0.05, 0) is 18.6 Å². The van der Waals surface area contributed by atoms with Crippen molar-refractivity contribution < 1.29 is 9.37 Å². The summed E-state index contributed by atoms with van der Waals surface area (Å²) in [4.78, 5) is 4.04. The van der Waals surface area contributed by atoms with E-state index >= 15 is 0 Å². The van der Waals surface area contributed by atoms with Crippen LogP contribution in [0.25, 0.3) is 0 Å². The molecule has 0 saturated heterocycles. The van der Waals surface area contributed by atoms with Crippen molar-refractivity contribution >= 4 is 0 Å². The van der Waals surface area contributed by atoms with Crippen LogP contribution in [-0.4, -0.2) is 22.4 Å². The molecule has 0 aliphatic rings. The van der Waals surface area contributed by atoms with Gasteiger partial charge in [-0.2, -0.15) is 0 Å². The predicted octanol–water partition coefficient (Wildman–Crippen LogP) is 1.07. The van der Waals surface area contributed by atoms with Crippen molar-refractivity contribution in [3.8, 4) is 5.88 Å². The van der Waals surface area contributed by atoms with Gasteiger partial charge in [-0.3, -0.25) is 0 Å². The molecule has 0 saturated carbocycles. The molecule has 2 rings (SSSR count). The lowest BCUT2D eigenvalue weighted by atomic mass is 10.2. The zero-order chi connectivity index (χ0) is 12.1. The van der Waals surface area contributed by atoms with Crippen molar-refractivity contribution in [1.82, 2.24) is 20.6 Å².